The number of rotatable bonds is 5. The average Bonchev–Trinajstić information content (AvgIpc) is 2.24. The maximum Gasteiger partial charge on any atom is 0.306 e. The van der Waals surface area contributed by atoms with Gasteiger partial charge in [0.15, 0.2) is 5.75 Å². The van der Waals surface area contributed by atoms with E-state index in [0.29, 0.717) is 0 Å². The topological polar surface area (TPSA) is 116 Å². The van der Waals surface area contributed by atoms with Gasteiger partial charge in [-0.2, -0.15) is 8.42 Å². The summed E-state index contributed by atoms with van der Waals surface area (Å²) >= 11 is 0. The molecule has 1 aromatic rings. The number of carbonyl (C=O) groups excluding carboxylic acids is 2. The molecular weight excluding hydrogens is 284 g/mol. The van der Waals surface area contributed by atoms with Gasteiger partial charge >= 0.3 is 10.1 Å². The lowest BCUT2D eigenvalue weighted by atomic mass is 10.0. The Labute approximate surface area is 117 Å². The fourth-order valence-electron chi connectivity index (χ4n) is 1.55. The highest BCUT2D eigenvalue weighted by Crippen LogP contribution is 2.23. The first kappa shape index (κ1) is 16.0. The van der Waals surface area contributed by atoms with Gasteiger partial charge in [-0.15, -0.1) is 0 Å². The Morgan fingerprint density at radius 2 is 1.90 bits per heavy atom. The lowest BCUT2D eigenvalue weighted by Gasteiger charge is -2.13. The van der Waals surface area contributed by atoms with Crippen LogP contribution in [0.25, 0.3) is 0 Å². The van der Waals surface area contributed by atoms with Gasteiger partial charge in [0.2, 0.25) is 0 Å². The minimum atomic E-state index is -3.84. The molecule has 0 saturated heterocycles. The van der Waals surface area contributed by atoms with Crippen molar-refractivity contribution in [1.29, 1.82) is 0 Å². The highest BCUT2D eigenvalue weighted by atomic mass is 32.2. The highest BCUT2D eigenvalue weighted by Gasteiger charge is 2.22. The monoisotopic (exact) mass is 300 g/mol. The number of benzene rings is 1. The van der Waals surface area contributed by atoms with E-state index in [4.69, 9.17) is 5.73 Å². The van der Waals surface area contributed by atoms with Gasteiger partial charge in [-0.1, -0.05) is 6.07 Å². The van der Waals surface area contributed by atoms with Crippen LogP contribution in [0.1, 0.15) is 34.6 Å². The summed E-state index contributed by atoms with van der Waals surface area (Å²) in [6.45, 7) is 3.50. The van der Waals surface area contributed by atoms with Crippen LogP contribution in [0, 0.1) is 0 Å². The van der Waals surface area contributed by atoms with Gasteiger partial charge in [0, 0.05) is 6.04 Å². The number of nitrogens with one attached hydrogen (secondary N) is 1. The molecule has 0 saturated carbocycles. The maximum atomic E-state index is 12.0. The predicted molar refractivity (Wildman–Crippen MR) is 73.0 cm³/mol. The van der Waals surface area contributed by atoms with Crippen LogP contribution in [-0.4, -0.2) is 32.5 Å². The number of hydrogen-bond donors (Lipinski definition) is 2. The second kappa shape index (κ2) is 5.91. The smallest absolute Gasteiger partial charge is 0.306 e. The first-order valence-electron chi connectivity index (χ1n) is 5.75. The molecule has 3 N–H and O–H groups in total. The Bertz CT molecular complexity index is 637. The number of hydrogen-bond acceptors (Lipinski definition) is 5. The van der Waals surface area contributed by atoms with Crippen molar-refractivity contribution in [2.24, 2.45) is 5.73 Å². The summed E-state index contributed by atoms with van der Waals surface area (Å²) in [5.41, 5.74) is 4.91. The lowest BCUT2D eigenvalue weighted by molar-refractivity contribution is 0.0926. The van der Waals surface area contributed by atoms with E-state index in [1.807, 2.05) is 0 Å². The standard InChI is InChI=1S/C12H16N2O5S/c1-7(2)14-12(16)8-5-4-6-9(10(8)11(13)15)19-20(3,17)18/h4-7H,1-3H3,(H2,13,15)(H,14,16). The Hall–Kier alpha value is -2.09. The molecule has 1 rings (SSSR count). The van der Waals surface area contributed by atoms with Crippen LogP contribution in [-0.2, 0) is 10.1 Å². The minimum Gasteiger partial charge on any atom is -0.382 e. The molecule has 0 fully saturated rings. The van der Waals surface area contributed by atoms with Crippen molar-refractivity contribution in [2.45, 2.75) is 19.9 Å². The third kappa shape index (κ3) is 4.23. The van der Waals surface area contributed by atoms with E-state index in [9.17, 15) is 18.0 Å². The van der Waals surface area contributed by atoms with Crippen molar-refractivity contribution < 1.29 is 22.2 Å². The minimum absolute atomic E-state index is 0.0349. The van der Waals surface area contributed by atoms with E-state index in [2.05, 4.69) is 9.50 Å². The van der Waals surface area contributed by atoms with Gasteiger partial charge in [0.1, 0.15) is 0 Å². The second-order valence-electron chi connectivity index (χ2n) is 4.46. The molecule has 110 valence electrons. The molecule has 0 atom stereocenters. The van der Waals surface area contributed by atoms with Gasteiger partial charge in [-0.05, 0) is 26.0 Å². The summed E-state index contributed by atoms with van der Waals surface area (Å²) < 4.78 is 27.0. The molecule has 7 nitrogen and oxygen atoms in total. The zero-order valence-electron chi connectivity index (χ0n) is 11.3. The maximum absolute atomic E-state index is 12.0. The van der Waals surface area contributed by atoms with E-state index in [1.54, 1.807) is 13.8 Å². The molecule has 0 radical (unpaired) electrons. The van der Waals surface area contributed by atoms with E-state index < -0.39 is 21.9 Å². The summed E-state index contributed by atoms with van der Waals surface area (Å²) in [5, 5.41) is 2.59. The van der Waals surface area contributed by atoms with Crippen molar-refractivity contribution >= 4 is 21.9 Å². The van der Waals surface area contributed by atoms with Crippen molar-refractivity contribution in [3.8, 4) is 5.75 Å². The number of carbonyl (C=O) groups is 2. The molecule has 1 aromatic carbocycles. The Morgan fingerprint density at radius 3 is 2.35 bits per heavy atom. The van der Waals surface area contributed by atoms with Crippen molar-refractivity contribution in [2.75, 3.05) is 6.26 Å². The molecule has 8 heteroatoms. The van der Waals surface area contributed by atoms with E-state index in [-0.39, 0.29) is 22.9 Å². The summed E-state index contributed by atoms with van der Waals surface area (Å²) in [6, 6.07) is 3.88. The van der Waals surface area contributed by atoms with Gasteiger partial charge in [-0.3, -0.25) is 9.59 Å². The highest BCUT2D eigenvalue weighted by molar-refractivity contribution is 7.86. The average molecular weight is 300 g/mol. The largest absolute Gasteiger partial charge is 0.382 e. The first-order valence-corrected chi connectivity index (χ1v) is 7.56. The van der Waals surface area contributed by atoms with Crippen LogP contribution in [0.5, 0.6) is 5.75 Å². The summed E-state index contributed by atoms with van der Waals surface area (Å²) in [5.74, 6) is -1.75. The Kier molecular flexibility index (Phi) is 4.72. The van der Waals surface area contributed by atoms with Crippen molar-refractivity contribution in [1.82, 2.24) is 5.32 Å². The van der Waals surface area contributed by atoms with E-state index in [1.165, 1.54) is 18.2 Å². The van der Waals surface area contributed by atoms with E-state index in [0.717, 1.165) is 6.26 Å². The van der Waals surface area contributed by atoms with Crippen LogP contribution in [0.4, 0.5) is 0 Å². The summed E-state index contributed by atoms with van der Waals surface area (Å²) in [6.07, 6.45) is 0.832. The molecule has 0 unspecified atom stereocenters. The third-order valence-corrected chi connectivity index (χ3v) is 2.66. The van der Waals surface area contributed by atoms with Crippen LogP contribution in [0.2, 0.25) is 0 Å². The van der Waals surface area contributed by atoms with Crippen molar-refractivity contribution in [3.05, 3.63) is 29.3 Å². The van der Waals surface area contributed by atoms with Crippen LogP contribution < -0.4 is 15.2 Å². The molecule has 0 aliphatic rings. The molecule has 0 aliphatic carbocycles. The van der Waals surface area contributed by atoms with Crippen LogP contribution >= 0.6 is 0 Å². The van der Waals surface area contributed by atoms with Gasteiger partial charge in [0.25, 0.3) is 11.8 Å². The SMILES string of the molecule is CC(C)NC(=O)c1cccc(OS(C)(=O)=O)c1C(N)=O. The molecule has 2 amide bonds. The molecule has 0 spiro atoms. The number of primary amides is 1. The molecule has 20 heavy (non-hydrogen) atoms. The quantitative estimate of drug-likeness (QED) is 0.757. The third-order valence-electron chi connectivity index (χ3n) is 2.18. The van der Waals surface area contributed by atoms with Gasteiger partial charge in [-0.25, -0.2) is 0 Å². The second-order valence-corrected chi connectivity index (χ2v) is 6.03. The fraction of sp³-hybridized carbons (Fsp3) is 0.333. The van der Waals surface area contributed by atoms with Crippen LogP contribution in [0.3, 0.4) is 0 Å². The number of amides is 2. The predicted octanol–water partition coefficient (Wildman–Crippen LogP) is 0.262. The summed E-state index contributed by atoms with van der Waals surface area (Å²) in [7, 11) is -3.84. The summed E-state index contributed by atoms with van der Waals surface area (Å²) in [4.78, 5) is 23.5. The Balaban J connectivity index is 3.36. The number of nitrogens with two attached hydrogens (primary N) is 1. The van der Waals surface area contributed by atoms with E-state index >= 15 is 0 Å². The molecule has 0 aliphatic heterocycles. The van der Waals surface area contributed by atoms with Crippen LogP contribution in [0.15, 0.2) is 18.2 Å². The van der Waals surface area contributed by atoms with Gasteiger partial charge in [0.05, 0.1) is 17.4 Å². The first-order chi connectivity index (χ1) is 9.11. The lowest BCUT2D eigenvalue weighted by Crippen LogP contribution is -2.32. The molecule has 0 heterocycles. The zero-order chi connectivity index (χ0) is 15.5. The van der Waals surface area contributed by atoms with Crippen molar-refractivity contribution in [3.63, 3.8) is 0 Å². The Morgan fingerprint density at radius 1 is 1.30 bits per heavy atom. The normalized spacial score (nSPS) is 11.2. The molecule has 0 bridgehead atoms. The fourth-order valence-corrected chi connectivity index (χ4v) is 2.01. The van der Waals surface area contributed by atoms with Gasteiger partial charge < -0.3 is 15.2 Å². The molecular formula is C12H16N2O5S. The zero-order valence-corrected chi connectivity index (χ0v) is 12.2. The molecule has 0 aromatic heterocycles.